The summed E-state index contributed by atoms with van der Waals surface area (Å²) in [6.45, 7) is 4.92. The van der Waals surface area contributed by atoms with Gasteiger partial charge in [-0.05, 0) is 50.9 Å². The molecule has 0 radical (unpaired) electrons. The van der Waals surface area contributed by atoms with Crippen LogP contribution in [0.15, 0.2) is 18.2 Å². The number of rotatable bonds is 1. The fourth-order valence-corrected chi connectivity index (χ4v) is 7.25. The second-order valence-electron chi connectivity index (χ2n) is 9.44. The Hall–Kier alpha value is -2.12. The predicted molar refractivity (Wildman–Crippen MR) is 110 cm³/mol. The molecule has 3 aliphatic heterocycles. The normalized spacial score (nSPS) is 39.7. The number of carbonyl (C=O) groups excluding carboxylic acids is 2. The van der Waals surface area contributed by atoms with E-state index in [9.17, 15) is 14.7 Å². The maximum atomic E-state index is 13.0. The van der Waals surface area contributed by atoms with Crippen molar-refractivity contribution in [2.75, 3.05) is 32.2 Å². The second kappa shape index (κ2) is 6.69. The predicted octanol–water partition coefficient (Wildman–Crippen LogP) is 1.91. The summed E-state index contributed by atoms with van der Waals surface area (Å²) in [5.74, 6) is -0.468. The molecule has 7 heteroatoms. The minimum Gasteiger partial charge on any atom is -0.506 e. The van der Waals surface area contributed by atoms with Crippen molar-refractivity contribution in [3.8, 4) is 5.75 Å². The number of para-hydroxylation sites is 1. The van der Waals surface area contributed by atoms with Crippen molar-refractivity contribution in [3.05, 3.63) is 23.8 Å². The molecule has 1 amide bonds. The number of fused-ring (bicyclic) bond motifs is 3. The molecule has 7 unspecified atom stereocenters. The van der Waals surface area contributed by atoms with Gasteiger partial charge in [0.05, 0.1) is 37.5 Å². The lowest BCUT2D eigenvalue weighted by Crippen LogP contribution is -2.66. The first-order chi connectivity index (χ1) is 14.3. The summed E-state index contributed by atoms with van der Waals surface area (Å²) in [6, 6.07) is 5.64. The first kappa shape index (κ1) is 19.8. The van der Waals surface area contributed by atoms with Crippen LogP contribution >= 0.6 is 0 Å². The molecule has 3 heterocycles. The van der Waals surface area contributed by atoms with Crippen molar-refractivity contribution < 1.29 is 24.2 Å². The zero-order valence-electron chi connectivity index (χ0n) is 18.0. The number of likely N-dealkylation sites (tertiary alicyclic amines) is 1. The van der Waals surface area contributed by atoms with E-state index < -0.39 is 0 Å². The number of esters is 1. The Morgan fingerprint density at radius 2 is 2.07 bits per heavy atom. The summed E-state index contributed by atoms with van der Waals surface area (Å²) in [7, 11) is 3.56. The largest absolute Gasteiger partial charge is 0.506 e. The molecule has 1 N–H and O–H groups in total. The maximum absolute atomic E-state index is 13.0. The lowest BCUT2D eigenvalue weighted by Gasteiger charge is -2.56. The van der Waals surface area contributed by atoms with Crippen LogP contribution < -0.4 is 4.90 Å². The number of hydrogen-bond acceptors (Lipinski definition) is 6. The van der Waals surface area contributed by atoms with Crippen molar-refractivity contribution in [1.82, 2.24) is 4.90 Å². The zero-order chi connectivity index (χ0) is 21.4. The van der Waals surface area contributed by atoms with E-state index in [-0.39, 0.29) is 59.0 Å². The molecule has 7 atom stereocenters. The number of benzene rings is 1. The van der Waals surface area contributed by atoms with E-state index in [2.05, 4.69) is 18.0 Å². The van der Waals surface area contributed by atoms with E-state index in [1.807, 2.05) is 13.0 Å². The van der Waals surface area contributed by atoms with Gasteiger partial charge < -0.3 is 24.4 Å². The number of nitrogens with zero attached hydrogens (tertiary/aromatic N) is 2. The number of methoxy groups -OCH3 is 1. The summed E-state index contributed by atoms with van der Waals surface area (Å²) in [4.78, 5) is 29.9. The summed E-state index contributed by atoms with van der Waals surface area (Å²) >= 11 is 0. The van der Waals surface area contributed by atoms with Gasteiger partial charge in [-0.15, -0.1) is 0 Å². The van der Waals surface area contributed by atoms with E-state index >= 15 is 0 Å². The number of ether oxygens (including phenoxy) is 2. The van der Waals surface area contributed by atoms with Crippen molar-refractivity contribution in [1.29, 1.82) is 0 Å². The fourth-order valence-electron chi connectivity index (χ4n) is 7.25. The highest BCUT2D eigenvalue weighted by Gasteiger charge is 2.68. The minimum atomic E-state index is -0.355. The number of anilines is 1. The average Bonchev–Trinajstić information content (AvgIpc) is 3.21. The third-order valence-electron chi connectivity index (χ3n) is 8.35. The van der Waals surface area contributed by atoms with Gasteiger partial charge in [0, 0.05) is 24.3 Å². The van der Waals surface area contributed by atoms with Crippen molar-refractivity contribution >= 4 is 17.6 Å². The highest BCUT2D eigenvalue weighted by Crippen LogP contribution is 2.63. The van der Waals surface area contributed by atoms with E-state index in [4.69, 9.17) is 9.47 Å². The van der Waals surface area contributed by atoms with Gasteiger partial charge in [-0.2, -0.15) is 0 Å². The number of phenols is 1. The molecule has 1 spiro atoms. The first-order valence-corrected chi connectivity index (χ1v) is 10.8. The Labute approximate surface area is 176 Å². The molecule has 7 nitrogen and oxygen atoms in total. The molecular weight excluding hydrogens is 384 g/mol. The molecule has 1 aromatic rings. The van der Waals surface area contributed by atoms with Gasteiger partial charge in [0.1, 0.15) is 5.75 Å². The van der Waals surface area contributed by atoms with Crippen LogP contribution in [0.25, 0.3) is 0 Å². The molecule has 5 rings (SSSR count). The van der Waals surface area contributed by atoms with Gasteiger partial charge >= 0.3 is 5.97 Å². The number of hydrogen-bond donors (Lipinski definition) is 1. The molecule has 2 saturated heterocycles. The summed E-state index contributed by atoms with van der Waals surface area (Å²) in [5, 5.41) is 10.8. The Morgan fingerprint density at radius 3 is 2.77 bits per heavy atom. The molecule has 0 aromatic heterocycles. The lowest BCUT2D eigenvalue weighted by molar-refractivity contribution is -0.172. The van der Waals surface area contributed by atoms with Crippen molar-refractivity contribution in [3.63, 3.8) is 0 Å². The quantitative estimate of drug-likeness (QED) is 0.708. The van der Waals surface area contributed by atoms with Crippen LogP contribution in [0.3, 0.4) is 0 Å². The van der Waals surface area contributed by atoms with Crippen LogP contribution in [0, 0.1) is 17.8 Å². The summed E-state index contributed by atoms with van der Waals surface area (Å²) in [5.41, 5.74) is 1.44. The van der Waals surface area contributed by atoms with Crippen LogP contribution in [0.4, 0.5) is 5.69 Å². The molecule has 1 aromatic carbocycles. The highest BCUT2D eigenvalue weighted by atomic mass is 16.5. The van der Waals surface area contributed by atoms with Crippen LogP contribution in [-0.4, -0.2) is 67.4 Å². The third kappa shape index (κ3) is 2.33. The Balaban J connectivity index is 1.71. The highest BCUT2D eigenvalue weighted by molar-refractivity contribution is 5.98. The fraction of sp³-hybridized carbons (Fsp3) is 0.652. The van der Waals surface area contributed by atoms with Crippen LogP contribution in [0.5, 0.6) is 5.75 Å². The number of carbonyl (C=O) groups is 2. The van der Waals surface area contributed by atoms with E-state index in [0.29, 0.717) is 12.3 Å². The molecule has 0 bridgehead atoms. The van der Waals surface area contributed by atoms with Crippen LogP contribution in [0.2, 0.25) is 0 Å². The third-order valence-corrected chi connectivity index (χ3v) is 8.35. The first-order valence-electron chi connectivity index (χ1n) is 10.8. The van der Waals surface area contributed by atoms with Crippen LogP contribution in [-0.2, 0) is 24.5 Å². The number of likely N-dealkylation sites (N-methyl/N-ethyl adjacent to an activating group) is 1. The van der Waals surface area contributed by atoms with Gasteiger partial charge in [-0.25, -0.2) is 0 Å². The number of aromatic hydroxyl groups is 1. The van der Waals surface area contributed by atoms with E-state index in [1.165, 1.54) is 7.11 Å². The van der Waals surface area contributed by atoms with Crippen LogP contribution in [0.1, 0.15) is 32.3 Å². The van der Waals surface area contributed by atoms with E-state index in [0.717, 1.165) is 24.9 Å². The summed E-state index contributed by atoms with van der Waals surface area (Å²) < 4.78 is 11.3. The van der Waals surface area contributed by atoms with Gasteiger partial charge in [0.15, 0.2) is 0 Å². The Kier molecular flexibility index (Phi) is 4.42. The van der Waals surface area contributed by atoms with Gasteiger partial charge in [-0.3, -0.25) is 9.59 Å². The SMILES string of the molecule is COC(=O)C1C(C)OCC2C1CC1N(C)CCC13c1cccc(O)c1N(C(C)=O)C23. The minimum absolute atomic E-state index is 0.00347. The average molecular weight is 415 g/mol. The van der Waals surface area contributed by atoms with Gasteiger partial charge in [-0.1, -0.05) is 12.1 Å². The molecule has 162 valence electrons. The van der Waals surface area contributed by atoms with E-state index in [1.54, 1.807) is 17.9 Å². The second-order valence-corrected chi connectivity index (χ2v) is 9.44. The number of amides is 1. The standard InChI is InChI=1S/C23H30N2O5/c1-12-19(22(28)29-4)14-10-18-23(8-9-24(18)3)16-6-5-7-17(27)20(16)25(13(2)26)21(23)15(14)11-30-12/h5-7,12,14-15,18-19,21,27H,8-11H2,1-4H3. The molecular formula is C23H30N2O5. The number of phenolic OH excluding ortho intramolecular Hbond substituents is 1. The molecule has 3 fully saturated rings. The Bertz CT molecular complexity index is 904. The maximum Gasteiger partial charge on any atom is 0.311 e. The lowest BCUT2D eigenvalue weighted by atomic mass is 9.55. The smallest absolute Gasteiger partial charge is 0.311 e. The molecule has 30 heavy (non-hydrogen) atoms. The van der Waals surface area contributed by atoms with Crippen molar-refractivity contribution in [2.24, 2.45) is 17.8 Å². The van der Waals surface area contributed by atoms with Gasteiger partial charge in [0.25, 0.3) is 0 Å². The topological polar surface area (TPSA) is 79.3 Å². The molecule has 4 aliphatic rings. The summed E-state index contributed by atoms with van der Waals surface area (Å²) in [6.07, 6.45) is 1.55. The zero-order valence-corrected chi connectivity index (χ0v) is 18.0. The molecule has 1 saturated carbocycles. The van der Waals surface area contributed by atoms with Gasteiger partial charge in [0.2, 0.25) is 5.91 Å². The monoisotopic (exact) mass is 414 g/mol. The Morgan fingerprint density at radius 1 is 1.30 bits per heavy atom. The molecule has 1 aliphatic carbocycles. The van der Waals surface area contributed by atoms with Crippen molar-refractivity contribution in [2.45, 2.75) is 50.3 Å².